The molecule has 0 aliphatic rings. The third kappa shape index (κ3) is 13.5. The number of amides is 3. The maximum atomic E-state index is 13.3. The molecule has 218 valence electrons. The maximum Gasteiger partial charge on any atom is 0.407 e. The Morgan fingerprint density at radius 3 is 2.05 bits per heavy atom. The number of nitrogens with one attached hydrogen (secondary N) is 3. The number of ether oxygens (including phenoxy) is 2. The first-order chi connectivity index (χ1) is 18.1. The molecule has 0 spiro atoms. The molecule has 0 saturated heterocycles. The number of carbonyl (C=O) groups is 5. The molecule has 0 aromatic heterocycles. The van der Waals surface area contributed by atoms with Gasteiger partial charge in [-0.3, -0.25) is 19.2 Å². The summed E-state index contributed by atoms with van der Waals surface area (Å²) in [5.41, 5.74) is 5.65. The van der Waals surface area contributed by atoms with Crippen LogP contribution in [0.1, 0.15) is 53.5 Å². The van der Waals surface area contributed by atoms with Crippen molar-refractivity contribution in [2.45, 2.75) is 77.3 Å². The SMILES string of the molecule is COc1ccc(C[C@H](NC(=O)[C@H](CC(C)C)NC(=O)C(CNC(=O)OC(C)(C)C)SC(C)=O)C(=O)CN)cc1. The van der Waals surface area contributed by atoms with Crippen LogP contribution in [-0.2, 0) is 30.3 Å². The normalized spacial score (nSPS) is 13.6. The number of carbonyl (C=O) groups excluding carboxylic acids is 5. The van der Waals surface area contributed by atoms with E-state index in [9.17, 15) is 24.0 Å². The Balaban J connectivity index is 3.02. The van der Waals surface area contributed by atoms with E-state index in [0.29, 0.717) is 5.75 Å². The number of benzene rings is 1. The molecule has 0 radical (unpaired) electrons. The zero-order valence-corrected chi connectivity index (χ0v) is 24.6. The van der Waals surface area contributed by atoms with E-state index < -0.39 is 40.8 Å². The summed E-state index contributed by atoms with van der Waals surface area (Å²) in [5, 5.41) is 6.59. The van der Waals surface area contributed by atoms with Crippen LogP contribution in [0.3, 0.4) is 0 Å². The van der Waals surface area contributed by atoms with Crippen molar-refractivity contribution in [1.29, 1.82) is 0 Å². The number of alkyl carbamates (subject to hydrolysis) is 1. The van der Waals surface area contributed by atoms with Crippen LogP contribution >= 0.6 is 11.8 Å². The highest BCUT2D eigenvalue weighted by molar-refractivity contribution is 8.14. The van der Waals surface area contributed by atoms with Gasteiger partial charge in [0.15, 0.2) is 10.9 Å². The molecule has 1 unspecified atom stereocenters. The van der Waals surface area contributed by atoms with E-state index in [2.05, 4.69) is 16.0 Å². The molecule has 5 N–H and O–H groups in total. The number of rotatable bonds is 14. The molecule has 1 rings (SSSR count). The van der Waals surface area contributed by atoms with Gasteiger partial charge in [-0.15, -0.1) is 0 Å². The van der Waals surface area contributed by atoms with Crippen LogP contribution < -0.4 is 26.4 Å². The molecule has 12 heteroatoms. The first-order valence-corrected chi connectivity index (χ1v) is 13.6. The Labute approximate surface area is 234 Å². The van der Waals surface area contributed by atoms with Crippen molar-refractivity contribution in [3.63, 3.8) is 0 Å². The van der Waals surface area contributed by atoms with Crippen molar-refractivity contribution in [1.82, 2.24) is 16.0 Å². The fourth-order valence-corrected chi connectivity index (χ4v) is 4.25. The lowest BCUT2D eigenvalue weighted by atomic mass is 9.99. The standard InChI is InChI=1S/C27H42N4O7S/c1-16(2)12-21(31-25(35)23(39-17(3)32)15-29-26(36)38-27(4,5)6)24(34)30-20(22(33)14-28)13-18-8-10-19(37-7)11-9-18/h8-11,16,20-21,23H,12-15,28H2,1-7H3,(H,29,36)(H,30,34)(H,31,35)/t20-,21-,23?/m0/s1. The van der Waals surface area contributed by atoms with Gasteiger partial charge < -0.3 is 31.2 Å². The summed E-state index contributed by atoms with van der Waals surface area (Å²) in [7, 11) is 1.55. The molecule has 3 amide bonds. The molecule has 11 nitrogen and oxygen atoms in total. The van der Waals surface area contributed by atoms with Crippen LogP contribution in [-0.4, -0.2) is 71.9 Å². The van der Waals surface area contributed by atoms with Crippen molar-refractivity contribution in [2.75, 3.05) is 20.2 Å². The summed E-state index contributed by atoms with van der Waals surface area (Å²) in [6.07, 6.45) is -0.250. The van der Waals surface area contributed by atoms with Gasteiger partial charge in [-0.25, -0.2) is 4.79 Å². The van der Waals surface area contributed by atoms with Gasteiger partial charge >= 0.3 is 6.09 Å². The van der Waals surface area contributed by atoms with Gasteiger partial charge in [-0.2, -0.15) is 0 Å². The highest BCUT2D eigenvalue weighted by Crippen LogP contribution is 2.16. The molecule has 0 aliphatic carbocycles. The van der Waals surface area contributed by atoms with Crippen molar-refractivity contribution >= 4 is 40.6 Å². The molecular weight excluding hydrogens is 524 g/mol. The molecule has 0 saturated carbocycles. The minimum Gasteiger partial charge on any atom is -0.497 e. The van der Waals surface area contributed by atoms with Gasteiger partial charge in [0.2, 0.25) is 11.8 Å². The van der Waals surface area contributed by atoms with Crippen molar-refractivity contribution in [3.05, 3.63) is 29.8 Å². The van der Waals surface area contributed by atoms with E-state index in [4.69, 9.17) is 15.2 Å². The van der Waals surface area contributed by atoms with E-state index in [1.165, 1.54) is 6.92 Å². The molecule has 39 heavy (non-hydrogen) atoms. The molecule has 0 aliphatic heterocycles. The number of thioether (sulfide) groups is 1. The molecule has 0 fully saturated rings. The third-order valence-corrected chi connectivity index (χ3v) is 6.27. The van der Waals surface area contributed by atoms with Crippen LogP contribution in [0.2, 0.25) is 0 Å². The predicted molar refractivity (Wildman–Crippen MR) is 150 cm³/mol. The maximum absolute atomic E-state index is 13.3. The van der Waals surface area contributed by atoms with E-state index in [-0.39, 0.29) is 42.7 Å². The second-order valence-corrected chi connectivity index (χ2v) is 11.8. The van der Waals surface area contributed by atoms with Crippen molar-refractivity contribution in [3.8, 4) is 5.75 Å². The summed E-state index contributed by atoms with van der Waals surface area (Å²) in [5.74, 6) is -0.846. The van der Waals surface area contributed by atoms with Crippen LogP contribution in [0, 0.1) is 5.92 Å². The molecule has 0 bridgehead atoms. The number of Topliss-reactive ketones (excluding diaryl/α,β-unsaturated/α-hetero) is 1. The van der Waals surface area contributed by atoms with Crippen molar-refractivity contribution in [2.24, 2.45) is 11.7 Å². The smallest absolute Gasteiger partial charge is 0.407 e. The molecule has 0 heterocycles. The lowest BCUT2D eigenvalue weighted by Crippen LogP contribution is -2.55. The first-order valence-electron chi connectivity index (χ1n) is 12.8. The largest absolute Gasteiger partial charge is 0.497 e. The molecular formula is C27H42N4O7S. The molecule has 1 aromatic carbocycles. The van der Waals surface area contributed by atoms with Crippen LogP contribution in [0.15, 0.2) is 24.3 Å². The Bertz CT molecular complexity index is 993. The summed E-state index contributed by atoms with van der Waals surface area (Å²) >= 11 is 0.734. The molecule has 3 atom stereocenters. The number of methoxy groups -OCH3 is 1. The Kier molecular flexibility index (Phi) is 14.0. The van der Waals surface area contributed by atoms with Gasteiger partial charge in [-0.1, -0.05) is 37.7 Å². The summed E-state index contributed by atoms with van der Waals surface area (Å²) in [6.45, 7) is 9.73. The summed E-state index contributed by atoms with van der Waals surface area (Å²) in [6, 6.07) is 5.19. The second kappa shape index (κ2) is 16.1. The van der Waals surface area contributed by atoms with E-state index in [1.807, 2.05) is 13.8 Å². The van der Waals surface area contributed by atoms with E-state index in [1.54, 1.807) is 52.1 Å². The topological polar surface area (TPSA) is 166 Å². The summed E-state index contributed by atoms with van der Waals surface area (Å²) in [4.78, 5) is 62.9. The van der Waals surface area contributed by atoms with Gasteiger partial charge in [0, 0.05) is 13.5 Å². The van der Waals surface area contributed by atoms with Gasteiger partial charge in [0.1, 0.15) is 22.6 Å². The van der Waals surface area contributed by atoms with Gasteiger partial charge in [0.25, 0.3) is 0 Å². The predicted octanol–water partition coefficient (Wildman–Crippen LogP) is 1.95. The van der Waals surface area contributed by atoms with Gasteiger partial charge in [-0.05, 0) is 57.2 Å². The number of ketones is 1. The van der Waals surface area contributed by atoms with Gasteiger partial charge in [0.05, 0.1) is 19.7 Å². The number of hydrogen-bond donors (Lipinski definition) is 4. The highest BCUT2D eigenvalue weighted by atomic mass is 32.2. The van der Waals surface area contributed by atoms with Crippen LogP contribution in [0.5, 0.6) is 5.75 Å². The zero-order chi connectivity index (χ0) is 29.8. The van der Waals surface area contributed by atoms with Crippen LogP contribution in [0.4, 0.5) is 4.79 Å². The van der Waals surface area contributed by atoms with Crippen molar-refractivity contribution < 1.29 is 33.4 Å². The Morgan fingerprint density at radius 1 is 0.974 bits per heavy atom. The minimum absolute atomic E-state index is 0.0186. The monoisotopic (exact) mass is 566 g/mol. The number of hydrogen-bond acceptors (Lipinski definition) is 9. The lowest BCUT2D eigenvalue weighted by Gasteiger charge is -2.26. The zero-order valence-electron chi connectivity index (χ0n) is 23.8. The minimum atomic E-state index is -1.00. The summed E-state index contributed by atoms with van der Waals surface area (Å²) < 4.78 is 10.4. The Hall–Kier alpha value is -3.12. The highest BCUT2D eigenvalue weighted by Gasteiger charge is 2.31. The second-order valence-electron chi connectivity index (χ2n) is 10.5. The first kappa shape index (κ1) is 33.9. The quantitative estimate of drug-likeness (QED) is 0.263. The third-order valence-electron chi connectivity index (χ3n) is 5.28. The number of nitrogens with two attached hydrogens (primary N) is 1. The molecule has 1 aromatic rings. The average Bonchev–Trinajstić information content (AvgIpc) is 2.83. The fraction of sp³-hybridized carbons (Fsp3) is 0.593. The van der Waals surface area contributed by atoms with E-state index >= 15 is 0 Å². The lowest BCUT2D eigenvalue weighted by molar-refractivity contribution is -0.131. The van der Waals surface area contributed by atoms with E-state index in [0.717, 1.165) is 17.3 Å². The van der Waals surface area contributed by atoms with Crippen LogP contribution in [0.25, 0.3) is 0 Å². The average molecular weight is 567 g/mol. The Morgan fingerprint density at radius 2 is 1.56 bits per heavy atom. The fourth-order valence-electron chi connectivity index (χ4n) is 3.50.